The van der Waals surface area contributed by atoms with E-state index in [0.717, 1.165) is 23.3 Å². The lowest BCUT2D eigenvalue weighted by Crippen LogP contribution is -2.16. The van der Waals surface area contributed by atoms with Crippen molar-refractivity contribution in [3.8, 4) is 0 Å². The SMILES string of the molecule is CC1CCc2sc(C(=O)NN=CC(Cl)=Cc3ccccc3)cc2C1. The summed E-state index contributed by atoms with van der Waals surface area (Å²) < 4.78 is 0. The minimum Gasteiger partial charge on any atom is -0.266 e. The molecule has 1 heterocycles. The van der Waals surface area contributed by atoms with E-state index in [1.165, 1.54) is 23.1 Å². The van der Waals surface area contributed by atoms with E-state index >= 15 is 0 Å². The number of hydrogen-bond donors (Lipinski definition) is 1. The fourth-order valence-corrected chi connectivity index (χ4v) is 4.04. The van der Waals surface area contributed by atoms with E-state index < -0.39 is 0 Å². The molecule has 1 aliphatic carbocycles. The normalized spacial score (nSPS) is 17.8. The van der Waals surface area contributed by atoms with Crippen LogP contribution in [0.15, 0.2) is 46.5 Å². The van der Waals surface area contributed by atoms with Crippen LogP contribution in [0.5, 0.6) is 0 Å². The van der Waals surface area contributed by atoms with Gasteiger partial charge in [0, 0.05) is 4.88 Å². The van der Waals surface area contributed by atoms with Crippen molar-refractivity contribution in [3.05, 3.63) is 62.3 Å². The Morgan fingerprint density at radius 2 is 2.17 bits per heavy atom. The van der Waals surface area contributed by atoms with Crippen LogP contribution in [0.3, 0.4) is 0 Å². The lowest BCUT2D eigenvalue weighted by Gasteiger charge is -2.16. The van der Waals surface area contributed by atoms with Crippen LogP contribution in [0.2, 0.25) is 0 Å². The van der Waals surface area contributed by atoms with Gasteiger partial charge in [0.1, 0.15) is 0 Å². The number of hydrogen-bond acceptors (Lipinski definition) is 3. The minimum atomic E-state index is -0.178. The zero-order chi connectivity index (χ0) is 16.9. The van der Waals surface area contributed by atoms with Crippen LogP contribution in [0.25, 0.3) is 6.08 Å². The Bertz CT molecular complexity index is 780. The summed E-state index contributed by atoms with van der Waals surface area (Å²) in [6, 6.07) is 11.7. The first-order chi connectivity index (χ1) is 11.6. The van der Waals surface area contributed by atoms with Crippen molar-refractivity contribution in [2.75, 3.05) is 0 Å². The van der Waals surface area contributed by atoms with Gasteiger partial charge in [-0.25, -0.2) is 5.43 Å². The highest BCUT2D eigenvalue weighted by molar-refractivity contribution is 7.14. The van der Waals surface area contributed by atoms with Crippen molar-refractivity contribution in [2.45, 2.75) is 26.2 Å². The predicted molar refractivity (Wildman–Crippen MR) is 102 cm³/mol. The van der Waals surface area contributed by atoms with Gasteiger partial charge in [0.2, 0.25) is 0 Å². The van der Waals surface area contributed by atoms with Gasteiger partial charge in [-0.05, 0) is 48.4 Å². The monoisotopic (exact) mass is 358 g/mol. The molecule has 3 nitrogen and oxygen atoms in total. The molecule has 1 atom stereocenters. The largest absolute Gasteiger partial charge is 0.281 e. The molecule has 1 N–H and O–H groups in total. The number of allylic oxidation sites excluding steroid dienone is 1. The molecule has 0 saturated carbocycles. The number of nitrogens with one attached hydrogen (secondary N) is 1. The standard InChI is InChI=1S/C19H19ClN2OS/c1-13-7-8-17-15(9-13)11-18(24-17)19(23)22-21-12-16(20)10-14-5-3-2-4-6-14/h2-6,10-13H,7-9H2,1H3,(H,22,23). The van der Waals surface area contributed by atoms with Gasteiger partial charge in [-0.1, -0.05) is 48.9 Å². The summed E-state index contributed by atoms with van der Waals surface area (Å²) in [5, 5.41) is 4.41. The average Bonchev–Trinajstić information content (AvgIpc) is 2.99. The van der Waals surface area contributed by atoms with Crippen molar-refractivity contribution in [1.29, 1.82) is 0 Å². The number of benzene rings is 1. The van der Waals surface area contributed by atoms with Crippen LogP contribution in [-0.4, -0.2) is 12.1 Å². The Hall–Kier alpha value is -1.91. The lowest BCUT2D eigenvalue weighted by molar-refractivity contribution is 0.0959. The Morgan fingerprint density at radius 3 is 2.96 bits per heavy atom. The summed E-state index contributed by atoms with van der Waals surface area (Å²) in [5.41, 5.74) is 4.85. The number of rotatable bonds is 4. The highest BCUT2D eigenvalue weighted by Gasteiger charge is 2.20. The summed E-state index contributed by atoms with van der Waals surface area (Å²) in [6.45, 7) is 2.26. The molecule has 0 spiro atoms. The fourth-order valence-electron chi connectivity index (χ4n) is 2.77. The van der Waals surface area contributed by atoms with Crippen LogP contribution in [0.4, 0.5) is 0 Å². The van der Waals surface area contributed by atoms with E-state index in [9.17, 15) is 4.79 Å². The Balaban J connectivity index is 1.60. The molecule has 1 amide bonds. The van der Waals surface area contributed by atoms with Crippen molar-refractivity contribution in [3.63, 3.8) is 0 Å². The number of carbonyl (C=O) groups is 1. The molecule has 3 rings (SSSR count). The molecule has 0 saturated heterocycles. The summed E-state index contributed by atoms with van der Waals surface area (Å²) >= 11 is 7.68. The summed E-state index contributed by atoms with van der Waals surface area (Å²) in [7, 11) is 0. The Morgan fingerprint density at radius 1 is 1.38 bits per heavy atom. The van der Waals surface area contributed by atoms with E-state index in [1.807, 2.05) is 36.4 Å². The van der Waals surface area contributed by atoms with Crippen LogP contribution >= 0.6 is 22.9 Å². The summed E-state index contributed by atoms with van der Waals surface area (Å²) in [4.78, 5) is 14.3. The first-order valence-electron chi connectivity index (χ1n) is 7.99. The van der Waals surface area contributed by atoms with Crippen molar-refractivity contribution in [2.24, 2.45) is 11.0 Å². The minimum absolute atomic E-state index is 0.178. The van der Waals surface area contributed by atoms with Gasteiger partial charge < -0.3 is 0 Å². The molecule has 2 aromatic rings. The lowest BCUT2D eigenvalue weighted by atomic mass is 9.90. The number of nitrogens with zero attached hydrogens (tertiary/aromatic N) is 1. The molecule has 1 unspecified atom stereocenters. The van der Waals surface area contributed by atoms with Crippen molar-refractivity contribution < 1.29 is 4.79 Å². The molecule has 24 heavy (non-hydrogen) atoms. The van der Waals surface area contributed by atoms with E-state index in [2.05, 4.69) is 17.5 Å². The second-order valence-corrected chi connectivity index (χ2v) is 7.62. The zero-order valence-corrected chi connectivity index (χ0v) is 15.0. The number of thiophene rings is 1. The first kappa shape index (κ1) is 16.9. The van der Waals surface area contributed by atoms with Gasteiger partial charge in [0.05, 0.1) is 16.1 Å². The molecule has 1 aliphatic rings. The van der Waals surface area contributed by atoms with Crippen molar-refractivity contribution in [1.82, 2.24) is 5.43 Å². The van der Waals surface area contributed by atoms with E-state index in [-0.39, 0.29) is 5.91 Å². The third-order valence-corrected chi connectivity index (χ3v) is 5.45. The van der Waals surface area contributed by atoms with Gasteiger partial charge in [-0.15, -0.1) is 11.3 Å². The second kappa shape index (κ2) is 7.77. The number of carbonyl (C=O) groups excluding carboxylic acids is 1. The molecular formula is C19H19ClN2OS. The number of halogens is 1. The maximum absolute atomic E-state index is 12.2. The number of aryl methyl sites for hydroxylation is 1. The van der Waals surface area contributed by atoms with Crippen LogP contribution in [0, 0.1) is 5.92 Å². The van der Waals surface area contributed by atoms with Crippen LogP contribution in [-0.2, 0) is 12.8 Å². The Labute approximate surface area is 151 Å². The quantitative estimate of drug-likeness (QED) is 0.615. The zero-order valence-electron chi connectivity index (χ0n) is 13.5. The molecule has 0 fully saturated rings. The second-order valence-electron chi connectivity index (χ2n) is 6.05. The third-order valence-electron chi connectivity index (χ3n) is 4.01. The van der Waals surface area contributed by atoms with Gasteiger partial charge in [0.15, 0.2) is 0 Å². The molecular weight excluding hydrogens is 340 g/mol. The number of hydrazone groups is 1. The predicted octanol–water partition coefficient (Wildman–Crippen LogP) is 4.87. The van der Waals surface area contributed by atoms with Crippen LogP contribution in [0.1, 0.15) is 39.0 Å². The molecule has 5 heteroatoms. The molecule has 124 valence electrons. The molecule has 1 aromatic carbocycles. The summed E-state index contributed by atoms with van der Waals surface area (Å²) in [6.07, 6.45) is 6.58. The number of amides is 1. The molecule has 0 aliphatic heterocycles. The highest BCUT2D eigenvalue weighted by Crippen LogP contribution is 2.32. The fraction of sp³-hybridized carbons (Fsp3) is 0.263. The first-order valence-corrected chi connectivity index (χ1v) is 9.18. The van der Waals surface area contributed by atoms with Crippen LogP contribution < -0.4 is 5.43 Å². The van der Waals surface area contributed by atoms with Crippen molar-refractivity contribution >= 4 is 41.1 Å². The maximum atomic E-state index is 12.2. The smallest absolute Gasteiger partial charge is 0.266 e. The average molecular weight is 359 g/mol. The summed E-state index contributed by atoms with van der Waals surface area (Å²) in [5.74, 6) is 0.519. The van der Waals surface area contributed by atoms with E-state index in [0.29, 0.717) is 11.0 Å². The van der Waals surface area contributed by atoms with Gasteiger partial charge in [-0.2, -0.15) is 5.10 Å². The van der Waals surface area contributed by atoms with Gasteiger partial charge in [-0.3, -0.25) is 4.79 Å². The maximum Gasteiger partial charge on any atom is 0.281 e. The molecule has 1 aromatic heterocycles. The molecule has 0 bridgehead atoms. The topological polar surface area (TPSA) is 41.5 Å². The van der Waals surface area contributed by atoms with E-state index in [4.69, 9.17) is 11.6 Å². The van der Waals surface area contributed by atoms with E-state index in [1.54, 1.807) is 17.4 Å². The van der Waals surface area contributed by atoms with Gasteiger partial charge in [0.25, 0.3) is 5.91 Å². The number of fused-ring (bicyclic) bond motifs is 1. The Kier molecular flexibility index (Phi) is 5.48. The molecule has 0 radical (unpaired) electrons. The van der Waals surface area contributed by atoms with Gasteiger partial charge >= 0.3 is 0 Å². The highest BCUT2D eigenvalue weighted by atomic mass is 35.5. The third kappa shape index (κ3) is 4.34.